The Labute approximate surface area is 237 Å². The number of aliphatic hydroxyl groups excluding tert-OH is 1. The standard InChI is InChI=1S/C29H35N7O3S/c1-17(2)13-23(37)27(38)31-21-10-9-18(3)22(15-21)26-34-28(39-35-26)24-25(30)33-29(40-24)32-20-8-6-7-19(14-20)16-36-11-4-5-12-36/h6-10,14-15,17,23,37H,4-5,11-13,16,30H2,1-3H3,(H,31,38)(H,32,33). The number of nitrogen functional groups attached to an aromatic ring is 1. The number of aromatic nitrogens is 3. The molecule has 1 aliphatic rings. The van der Waals surface area contributed by atoms with Crippen molar-refractivity contribution < 1.29 is 14.4 Å². The summed E-state index contributed by atoms with van der Waals surface area (Å²) in [7, 11) is 0. The third kappa shape index (κ3) is 6.67. The van der Waals surface area contributed by atoms with E-state index >= 15 is 0 Å². The van der Waals surface area contributed by atoms with Gasteiger partial charge in [0, 0.05) is 23.5 Å². The quantitative estimate of drug-likeness (QED) is 0.199. The topological polar surface area (TPSA) is 142 Å². The van der Waals surface area contributed by atoms with E-state index in [1.807, 2.05) is 39.0 Å². The number of aryl methyl sites for hydroxylation is 1. The first-order chi connectivity index (χ1) is 19.2. The zero-order valence-corrected chi connectivity index (χ0v) is 23.8. The number of thiazole rings is 1. The fourth-order valence-corrected chi connectivity index (χ4v) is 5.58. The highest BCUT2D eigenvalue weighted by Gasteiger charge is 2.21. The van der Waals surface area contributed by atoms with Gasteiger partial charge in [0.05, 0.1) is 0 Å². The van der Waals surface area contributed by atoms with E-state index in [0.717, 1.165) is 30.9 Å². The predicted octanol–water partition coefficient (Wildman–Crippen LogP) is 5.44. The average Bonchev–Trinajstić information content (AvgIpc) is 3.67. The lowest BCUT2D eigenvalue weighted by Crippen LogP contribution is -2.28. The van der Waals surface area contributed by atoms with E-state index in [2.05, 4.69) is 42.8 Å². The third-order valence-electron chi connectivity index (χ3n) is 6.80. The number of carbonyl (C=O) groups excluding carboxylic acids is 1. The largest absolute Gasteiger partial charge is 0.383 e. The molecule has 4 aromatic rings. The minimum atomic E-state index is -1.08. The first kappa shape index (κ1) is 27.8. The molecule has 3 heterocycles. The lowest BCUT2D eigenvalue weighted by atomic mass is 10.0. The van der Waals surface area contributed by atoms with Crippen LogP contribution in [0.4, 0.5) is 22.3 Å². The molecule has 1 saturated heterocycles. The fraction of sp³-hybridized carbons (Fsp3) is 0.379. The van der Waals surface area contributed by atoms with E-state index in [0.29, 0.717) is 39.3 Å². The number of benzene rings is 2. The third-order valence-corrected chi connectivity index (χ3v) is 7.77. The van der Waals surface area contributed by atoms with E-state index in [9.17, 15) is 9.90 Å². The van der Waals surface area contributed by atoms with Gasteiger partial charge in [0.25, 0.3) is 11.8 Å². The second-order valence-corrected chi connectivity index (χ2v) is 11.6. The molecule has 2 aromatic carbocycles. The van der Waals surface area contributed by atoms with Gasteiger partial charge in [-0.2, -0.15) is 4.98 Å². The number of aliphatic hydroxyl groups is 1. The van der Waals surface area contributed by atoms with Crippen molar-refractivity contribution in [1.29, 1.82) is 0 Å². The molecule has 1 amide bonds. The Kier molecular flexibility index (Phi) is 8.43. The minimum Gasteiger partial charge on any atom is -0.383 e. The molecule has 1 atom stereocenters. The summed E-state index contributed by atoms with van der Waals surface area (Å²) in [6.07, 6.45) is 1.84. The number of hydrogen-bond acceptors (Lipinski definition) is 10. The van der Waals surface area contributed by atoms with Crippen LogP contribution in [-0.4, -0.2) is 50.2 Å². The van der Waals surface area contributed by atoms with Crippen LogP contribution in [0.1, 0.15) is 44.2 Å². The van der Waals surface area contributed by atoms with Crippen molar-refractivity contribution in [3.05, 3.63) is 53.6 Å². The Morgan fingerprint density at radius 1 is 1.15 bits per heavy atom. The molecule has 0 aliphatic carbocycles. The van der Waals surface area contributed by atoms with Crippen LogP contribution in [0.2, 0.25) is 0 Å². The van der Waals surface area contributed by atoms with Gasteiger partial charge in [-0.3, -0.25) is 9.69 Å². The molecule has 0 spiro atoms. The van der Waals surface area contributed by atoms with Gasteiger partial charge in [-0.15, -0.1) is 0 Å². The zero-order chi connectivity index (χ0) is 28.2. The van der Waals surface area contributed by atoms with Crippen molar-refractivity contribution >= 4 is 39.6 Å². The molecule has 0 saturated carbocycles. The van der Waals surface area contributed by atoms with Crippen LogP contribution in [0.25, 0.3) is 22.2 Å². The lowest BCUT2D eigenvalue weighted by molar-refractivity contribution is -0.124. The number of nitrogens with two attached hydrogens (primary N) is 1. The maximum absolute atomic E-state index is 12.4. The van der Waals surface area contributed by atoms with Crippen LogP contribution in [0.3, 0.4) is 0 Å². The molecule has 2 aromatic heterocycles. The Bertz CT molecular complexity index is 1480. The van der Waals surface area contributed by atoms with Gasteiger partial charge >= 0.3 is 0 Å². The highest BCUT2D eigenvalue weighted by Crippen LogP contribution is 2.36. The van der Waals surface area contributed by atoms with E-state index < -0.39 is 12.0 Å². The van der Waals surface area contributed by atoms with Crippen LogP contribution in [0, 0.1) is 12.8 Å². The maximum atomic E-state index is 12.4. The summed E-state index contributed by atoms with van der Waals surface area (Å²) in [6, 6.07) is 13.7. The maximum Gasteiger partial charge on any atom is 0.272 e. The van der Waals surface area contributed by atoms with Crippen molar-refractivity contribution in [2.75, 3.05) is 29.5 Å². The average molecular weight is 562 g/mol. The number of anilines is 4. The van der Waals surface area contributed by atoms with Crippen molar-refractivity contribution in [3.63, 3.8) is 0 Å². The first-order valence-electron chi connectivity index (χ1n) is 13.5. The minimum absolute atomic E-state index is 0.201. The van der Waals surface area contributed by atoms with Crippen molar-refractivity contribution in [3.8, 4) is 22.2 Å². The smallest absolute Gasteiger partial charge is 0.272 e. The summed E-state index contributed by atoms with van der Waals surface area (Å²) in [5.41, 5.74) is 10.6. The number of amides is 1. The number of carbonyl (C=O) groups is 1. The summed E-state index contributed by atoms with van der Waals surface area (Å²) >= 11 is 1.34. The predicted molar refractivity (Wildman–Crippen MR) is 158 cm³/mol. The lowest BCUT2D eigenvalue weighted by Gasteiger charge is -2.15. The Morgan fingerprint density at radius 2 is 1.95 bits per heavy atom. The molecule has 11 heteroatoms. The molecule has 0 bridgehead atoms. The number of hydrogen-bond donors (Lipinski definition) is 4. The van der Waals surface area contributed by atoms with Crippen LogP contribution in [0.15, 0.2) is 47.0 Å². The Hall–Kier alpha value is -3.80. The molecule has 210 valence electrons. The van der Waals surface area contributed by atoms with Gasteiger partial charge in [0.2, 0.25) is 5.82 Å². The highest BCUT2D eigenvalue weighted by atomic mass is 32.1. The van der Waals surface area contributed by atoms with Crippen molar-refractivity contribution in [1.82, 2.24) is 20.0 Å². The van der Waals surface area contributed by atoms with E-state index in [-0.39, 0.29) is 11.8 Å². The van der Waals surface area contributed by atoms with E-state index in [1.54, 1.807) is 12.1 Å². The number of rotatable bonds is 10. The van der Waals surface area contributed by atoms with Gasteiger partial charge in [0.1, 0.15) is 16.8 Å². The molecule has 5 rings (SSSR count). The van der Waals surface area contributed by atoms with Gasteiger partial charge in [-0.1, -0.05) is 48.5 Å². The van der Waals surface area contributed by atoms with E-state index in [1.165, 1.54) is 29.7 Å². The van der Waals surface area contributed by atoms with E-state index in [4.69, 9.17) is 10.3 Å². The molecule has 1 aliphatic heterocycles. The van der Waals surface area contributed by atoms with Gasteiger partial charge in [0.15, 0.2) is 5.13 Å². The summed E-state index contributed by atoms with van der Waals surface area (Å²) < 4.78 is 5.57. The zero-order valence-electron chi connectivity index (χ0n) is 23.0. The van der Waals surface area contributed by atoms with Crippen LogP contribution in [0.5, 0.6) is 0 Å². The number of nitrogens with one attached hydrogen (secondary N) is 2. The highest BCUT2D eigenvalue weighted by molar-refractivity contribution is 7.19. The molecule has 5 N–H and O–H groups in total. The molecule has 1 fully saturated rings. The molecular weight excluding hydrogens is 526 g/mol. The molecular formula is C29H35N7O3S. The first-order valence-corrected chi connectivity index (χ1v) is 14.4. The fourth-order valence-electron chi connectivity index (χ4n) is 4.75. The molecule has 1 unspecified atom stereocenters. The van der Waals surface area contributed by atoms with Crippen LogP contribution < -0.4 is 16.4 Å². The summed E-state index contributed by atoms with van der Waals surface area (Å²) in [5.74, 6) is 0.682. The van der Waals surface area contributed by atoms with Gasteiger partial charge in [-0.25, -0.2) is 4.98 Å². The van der Waals surface area contributed by atoms with Crippen LogP contribution >= 0.6 is 11.3 Å². The van der Waals surface area contributed by atoms with Crippen LogP contribution in [-0.2, 0) is 11.3 Å². The molecule has 0 radical (unpaired) electrons. The summed E-state index contributed by atoms with van der Waals surface area (Å²) in [4.78, 5) is 24.5. The second kappa shape index (κ2) is 12.2. The van der Waals surface area contributed by atoms with Gasteiger partial charge < -0.3 is 26.0 Å². The van der Waals surface area contributed by atoms with Crippen molar-refractivity contribution in [2.24, 2.45) is 5.92 Å². The number of likely N-dealkylation sites (tertiary alicyclic amines) is 1. The molecule has 40 heavy (non-hydrogen) atoms. The Balaban J connectivity index is 1.30. The summed E-state index contributed by atoms with van der Waals surface area (Å²) in [6.45, 7) is 9.07. The monoisotopic (exact) mass is 561 g/mol. The SMILES string of the molecule is Cc1ccc(NC(=O)C(O)CC(C)C)cc1-c1noc(-c2sc(Nc3cccc(CN4CCCC4)c3)nc2N)n1. The van der Waals surface area contributed by atoms with Crippen molar-refractivity contribution in [2.45, 2.75) is 52.7 Å². The van der Waals surface area contributed by atoms with Gasteiger partial charge in [-0.05, 0) is 80.6 Å². The number of nitrogens with zero attached hydrogens (tertiary/aromatic N) is 4. The molecule has 10 nitrogen and oxygen atoms in total. The normalized spacial score (nSPS) is 14.5. The second-order valence-electron chi connectivity index (χ2n) is 10.6. The Morgan fingerprint density at radius 3 is 2.73 bits per heavy atom. The summed E-state index contributed by atoms with van der Waals surface area (Å²) in [5, 5.41) is 21.1.